The van der Waals surface area contributed by atoms with Gasteiger partial charge < -0.3 is 9.73 Å². The second kappa shape index (κ2) is 5.17. The molecule has 1 aliphatic heterocycles. The van der Waals surface area contributed by atoms with E-state index in [2.05, 4.69) is 31.1 Å². The summed E-state index contributed by atoms with van der Waals surface area (Å²) in [7, 11) is 0. The molecule has 1 N–H and O–H groups in total. The predicted octanol–water partition coefficient (Wildman–Crippen LogP) is 3.59. The Labute approximate surface area is 107 Å². The molecule has 17 heavy (non-hydrogen) atoms. The van der Waals surface area contributed by atoms with E-state index in [4.69, 9.17) is 4.42 Å². The molecule has 1 aromatic heterocycles. The van der Waals surface area contributed by atoms with Crippen LogP contribution in [0.25, 0.3) is 0 Å². The van der Waals surface area contributed by atoms with Crippen molar-refractivity contribution in [3.05, 3.63) is 24.2 Å². The zero-order valence-corrected chi connectivity index (χ0v) is 11.5. The van der Waals surface area contributed by atoms with Gasteiger partial charge in [0.1, 0.15) is 11.8 Å². The van der Waals surface area contributed by atoms with Crippen molar-refractivity contribution in [2.75, 3.05) is 5.75 Å². The first-order valence-electron chi connectivity index (χ1n) is 6.21. The van der Waals surface area contributed by atoms with Crippen LogP contribution in [0.4, 0.5) is 0 Å². The Kier molecular flexibility index (Phi) is 3.82. The van der Waals surface area contributed by atoms with Crippen molar-refractivity contribution in [2.24, 2.45) is 4.99 Å². The summed E-state index contributed by atoms with van der Waals surface area (Å²) < 4.78 is 5.37. The van der Waals surface area contributed by atoms with Crippen molar-refractivity contribution in [1.82, 2.24) is 5.32 Å². The third-order valence-corrected chi connectivity index (χ3v) is 4.65. The molecule has 0 amide bonds. The van der Waals surface area contributed by atoms with Gasteiger partial charge in [-0.1, -0.05) is 25.6 Å². The quantitative estimate of drug-likeness (QED) is 0.889. The van der Waals surface area contributed by atoms with E-state index in [1.165, 1.54) is 0 Å². The predicted molar refractivity (Wildman–Crippen MR) is 73.5 cm³/mol. The summed E-state index contributed by atoms with van der Waals surface area (Å²) >= 11 is 1.82. The molecule has 0 aliphatic carbocycles. The molecule has 1 unspecified atom stereocenters. The second-order valence-corrected chi connectivity index (χ2v) is 5.49. The highest BCUT2D eigenvalue weighted by atomic mass is 32.2. The molecular formula is C13H20N2OS. The summed E-state index contributed by atoms with van der Waals surface area (Å²) in [5.41, 5.74) is 0.242. The van der Waals surface area contributed by atoms with Crippen LogP contribution < -0.4 is 5.32 Å². The van der Waals surface area contributed by atoms with Gasteiger partial charge in [-0.25, -0.2) is 0 Å². The van der Waals surface area contributed by atoms with Crippen molar-refractivity contribution in [1.29, 1.82) is 0 Å². The van der Waals surface area contributed by atoms with Gasteiger partial charge in [0.2, 0.25) is 0 Å². The van der Waals surface area contributed by atoms with Crippen molar-refractivity contribution >= 4 is 16.9 Å². The number of furan rings is 1. The van der Waals surface area contributed by atoms with Crippen LogP contribution in [-0.4, -0.2) is 16.5 Å². The summed E-state index contributed by atoms with van der Waals surface area (Å²) in [6, 6.07) is 3.97. The van der Waals surface area contributed by atoms with Gasteiger partial charge >= 0.3 is 0 Å². The fourth-order valence-electron chi connectivity index (χ4n) is 1.97. The maximum atomic E-state index is 5.37. The van der Waals surface area contributed by atoms with Crippen LogP contribution in [0.3, 0.4) is 0 Å². The molecule has 0 aromatic carbocycles. The SMILES string of the molecule is CCC1(CC)CSC(=NC(C)c2ccco2)N1. The van der Waals surface area contributed by atoms with Crippen LogP contribution in [0.2, 0.25) is 0 Å². The van der Waals surface area contributed by atoms with E-state index in [0.29, 0.717) is 0 Å². The average Bonchev–Trinajstić information content (AvgIpc) is 2.98. The van der Waals surface area contributed by atoms with Crippen LogP contribution in [0, 0.1) is 0 Å². The maximum absolute atomic E-state index is 5.37. The van der Waals surface area contributed by atoms with Gasteiger partial charge in [-0.05, 0) is 31.9 Å². The average molecular weight is 252 g/mol. The smallest absolute Gasteiger partial charge is 0.157 e. The minimum absolute atomic E-state index is 0.0875. The summed E-state index contributed by atoms with van der Waals surface area (Å²) in [4.78, 5) is 4.68. The fraction of sp³-hybridized carbons (Fsp3) is 0.615. The van der Waals surface area contributed by atoms with E-state index in [1.807, 2.05) is 23.9 Å². The Bertz CT molecular complexity index is 382. The molecule has 1 aromatic rings. The molecule has 2 rings (SSSR count). The van der Waals surface area contributed by atoms with Gasteiger partial charge in [-0.15, -0.1) is 0 Å². The topological polar surface area (TPSA) is 37.5 Å². The Morgan fingerprint density at radius 3 is 2.82 bits per heavy atom. The zero-order valence-electron chi connectivity index (χ0n) is 10.7. The van der Waals surface area contributed by atoms with E-state index in [1.54, 1.807) is 6.26 Å². The van der Waals surface area contributed by atoms with Gasteiger partial charge in [0, 0.05) is 11.3 Å². The maximum Gasteiger partial charge on any atom is 0.157 e. The number of rotatable bonds is 4. The summed E-state index contributed by atoms with van der Waals surface area (Å²) in [6.45, 7) is 6.53. The molecular weight excluding hydrogens is 232 g/mol. The van der Waals surface area contributed by atoms with Gasteiger partial charge in [0.25, 0.3) is 0 Å². The van der Waals surface area contributed by atoms with Crippen molar-refractivity contribution in [3.63, 3.8) is 0 Å². The van der Waals surface area contributed by atoms with Gasteiger partial charge in [-0.3, -0.25) is 4.99 Å². The molecule has 0 bridgehead atoms. The summed E-state index contributed by atoms with van der Waals surface area (Å²) in [6.07, 6.45) is 3.99. The van der Waals surface area contributed by atoms with Gasteiger partial charge in [-0.2, -0.15) is 0 Å². The number of hydrogen-bond donors (Lipinski definition) is 1. The standard InChI is InChI=1S/C13H20N2OS/c1-4-13(5-2)9-17-12(15-13)14-10(3)11-7-6-8-16-11/h6-8,10H,4-5,9H2,1-3H3,(H,14,15). The van der Waals surface area contributed by atoms with Crippen molar-refractivity contribution < 1.29 is 4.42 Å². The van der Waals surface area contributed by atoms with E-state index in [0.717, 1.165) is 29.5 Å². The number of nitrogens with one attached hydrogen (secondary N) is 1. The Balaban J connectivity index is 2.05. The lowest BCUT2D eigenvalue weighted by molar-refractivity contribution is 0.406. The molecule has 94 valence electrons. The third kappa shape index (κ3) is 2.68. The molecule has 0 radical (unpaired) electrons. The van der Waals surface area contributed by atoms with Crippen LogP contribution in [0.15, 0.2) is 27.8 Å². The first-order chi connectivity index (χ1) is 8.19. The highest BCUT2D eigenvalue weighted by Gasteiger charge is 2.34. The molecule has 1 aliphatic rings. The van der Waals surface area contributed by atoms with E-state index in [9.17, 15) is 0 Å². The van der Waals surface area contributed by atoms with Crippen molar-refractivity contribution in [3.8, 4) is 0 Å². The van der Waals surface area contributed by atoms with Crippen LogP contribution >= 0.6 is 11.8 Å². The van der Waals surface area contributed by atoms with Crippen LogP contribution in [0.1, 0.15) is 45.4 Å². The molecule has 1 fully saturated rings. The monoisotopic (exact) mass is 252 g/mol. The minimum Gasteiger partial charge on any atom is -0.467 e. The molecule has 4 heteroatoms. The molecule has 1 atom stereocenters. The Hall–Kier alpha value is -0.900. The Morgan fingerprint density at radius 1 is 1.53 bits per heavy atom. The normalized spacial score (nSPS) is 22.6. The number of hydrogen-bond acceptors (Lipinski definition) is 3. The fourth-order valence-corrected chi connectivity index (χ4v) is 3.39. The van der Waals surface area contributed by atoms with Crippen LogP contribution in [-0.2, 0) is 0 Å². The summed E-state index contributed by atoms with van der Waals surface area (Å²) in [5, 5.41) is 4.62. The number of nitrogens with zero attached hydrogens (tertiary/aromatic N) is 1. The zero-order chi connectivity index (χ0) is 12.3. The molecule has 0 spiro atoms. The number of thioether (sulfide) groups is 1. The highest BCUT2D eigenvalue weighted by molar-refractivity contribution is 8.14. The molecule has 2 heterocycles. The highest BCUT2D eigenvalue weighted by Crippen LogP contribution is 2.30. The van der Waals surface area contributed by atoms with Gasteiger partial charge in [0.15, 0.2) is 5.17 Å². The Morgan fingerprint density at radius 2 is 2.29 bits per heavy atom. The number of amidine groups is 1. The summed E-state index contributed by atoms with van der Waals surface area (Å²) in [5.74, 6) is 2.04. The van der Waals surface area contributed by atoms with E-state index >= 15 is 0 Å². The van der Waals surface area contributed by atoms with E-state index in [-0.39, 0.29) is 11.6 Å². The lowest BCUT2D eigenvalue weighted by atomic mass is 9.96. The minimum atomic E-state index is 0.0875. The lowest BCUT2D eigenvalue weighted by Gasteiger charge is -2.25. The lowest BCUT2D eigenvalue weighted by Crippen LogP contribution is -2.42. The van der Waals surface area contributed by atoms with Gasteiger partial charge in [0.05, 0.1) is 6.26 Å². The second-order valence-electron chi connectivity index (χ2n) is 4.53. The molecule has 0 saturated carbocycles. The molecule has 3 nitrogen and oxygen atoms in total. The third-order valence-electron chi connectivity index (χ3n) is 3.48. The first-order valence-corrected chi connectivity index (χ1v) is 7.20. The largest absolute Gasteiger partial charge is 0.467 e. The van der Waals surface area contributed by atoms with E-state index < -0.39 is 0 Å². The molecule has 1 saturated heterocycles. The first kappa shape index (κ1) is 12.6. The van der Waals surface area contributed by atoms with Crippen LogP contribution in [0.5, 0.6) is 0 Å². The van der Waals surface area contributed by atoms with Crippen molar-refractivity contribution in [2.45, 2.75) is 45.2 Å². The number of aliphatic imine (C=N–C) groups is 1.